The summed E-state index contributed by atoms with van der Waals surface area (Å²) in [5.41, 5.74) is 4.17. The van der Waals surface area contributed by atoms with Crippen LogP contribution in [0.25, 0.3) is 0 Å². The third kappa shape index (κ3) is 3.36. The molecular formula is C20H19FN6O2S. The van der Waals surface area contributed by atoms with Crippen molar-refractivity contribution in [2.75, 3.05) is 18.0 Å². The van der Waals surface area contributed by atoms with E-state index in [0.29, 0.717) is 12.2 Å². The summed E-state index contributed by atoms with van der Waals surface area (Å²) >= 11 is 1.32. The van der Waals surface area contributed by atoms with Crippen molar-refractivity contribution in [3.63, 3.8) is 0 Å². The fourth-order valence-electron chi connectivity index (χ4n) is 4.14. The first-order valence-corrected chi connectivity index (χ1v) is 10.7. The molecule has 0 N–H and O–H groups in total. The Morgan fingerprint density at radius 3 is 2.90 bits per heavy atom. The number of hydrogen-bond donors (Lipinski definition) is 0. The minimum atomic E-state index is -1.09. The van der Waals surface area contributed by atoms with Gasteiger partial charge in [0.25, 0.3) is 11.8 Å². The molecule has 0 bridgehead atoms. The van der Waals surface area contributed by atoms with Crippen LogP contribution in [0.2, 0.25) is 0 Å². The quantitative estimate of drug-likeness (QED) is 0.639. The smallest absolute Gasteiger partial charge is 0.280 e. The number of fused-ring (bicyclic) bond motifs is 1. The summed E-state index contributed by atoms with van der Waals surface area (Å²) in [5.74, 6) is -0.497. The van der Waals surface area contributed by atoms with Crippen molar-refractivity contribution in [3.8, 4) is 0 Å². The maximum Gasteiger partial charge on any atom is 0.280 e. The lowest BCUT2D eigenvalue weighted by Gasteiger charge is -2.23. The second-order valence-corrected chi connectivity index (χ2v) is 8.20. The minimum absolute atomic E-state index is 0.0338. The van der Waals surface area contributed by atoms with E-state index in [1.54, 1.807) is 22.0 Å². The number of alkyl halides is 1. The molecule has 2 aromatic heterocycles. The van der Waals surface area contributed by atoms with Crippen LogP contribution in [0.1, 0.15) is 33.0 Å². The van der Waals surface area contributed by atoms with Crippen LogP contribution >= 0.6 is 11.3 Å². The van der Waals surface area contributed by atoms with Crippen molar-refractivity contribution in [2.24, 2.45) is 0 Å². The summed E-state index contributed by atoms with van der Waals surface area (Å²) < 4.78 is 15.6. The SMILES string of the molecule is O=C(c1cn(C[C@@H]2C[C@H](F)CN2C(=O)c2cscn2)nn1)N1CCc2ccccc21. The van der Waals surface area contributed by atoms with E-state index in [9.17, 15) is 14.0 Å². The first kappa shape index (κ1) is 18.9. The molecule has 1 fully saturated rings. The lowest BCUT2D eigenvalue weighted by atomic mass is 10.2. The summed E-state index contributed by atoms with van der Waals surface area (Å²) in [6, 6.07) is 7.43. The van der Waals surface area contributed by atoms with E-state index >= 15 is 0 Å². The molecule has 2 aliphatic heterocycles. The van der Waals surface area contributed by atoms with Gasteiger partial charge in [-0.2, -0.15) is 0 Å². The second-order valence-electron chi connectivity index (χ2n) is 7.48. The maximum atomic E-state index is 14.1. The van der Waals surface area contributed by atoms with E-state index in [0.717, 1.165) is 17.7 Å². The minimum Gasteiger partial charge on any atom is -0.329 e. The van der Waals surface area contributed by atoms with Gasteiger partial charge in [-0.15, -0.1) is 16.4 Å². The number of amides is 2. The number of benzene rings is 1. The fraction of sp³-hybridized carbons (Fsp3) is 0.350. The van der Waals surface area contributed by atoms with Crippen LogP contribution in [-0.4, -0.2) is 62.0 Å². The molecule has 0 radical (unpaired) electrons. The highest BCUT2D eigenvalue weighted by Crippen LogP contribution is 2.29. The summed E-state index contributed by atoms with van der Waals surface area (Å²) in [6.45, 7) is 0.909. The van der Waals surface area contributed by atoms with Gasteiger partial charge in [0.2, 0.25) is 0 Å². The third-order valence-electron chi connectivity index (χ3n) is 5.56. The number of aromatic nitrogens is 4. The Morgan fingerprint density at radius 2 is 2.07 bits per heavy atom. The number of carbonyl (C=O) groups is 2. The van der Waals surface area contributed by atoms with Crippen molar-refractivity contribution in [3.05, 3.63) is 58.3 Å². The van der Waals surface area contributed by atoms with Gasteiger partial charge in [0.15, 0.2) is 5.69 Å². The highest BCUT2D eigenvalue weighted by molar-refractivity contribution is 7.07. The zero-order chi connectivity index (χ0) is 20.7. The molecule has 2 atom stereocenters. The number of rotatable bonds is 4. The number of carbonyl (C=O) groups excluding carboxylic acids is 2. The molecule has 0 aliphatic carbocycles. The van der Waals surface area contributed by atoms with E-state index in [2.05, 4.69) is 15.3 Å². The Morgan fingerprint density at radius 1 is 1.20 bits per heavy atom. The van der Waals surface area contributed by atoms with Crippen LogP contribution < -0.4 is 4.90 Å². The molecule has 154 valence electrons. The van der Waals surface area contributed by atoms with Gasteiger partial charge in [-0.05, 0) is 18.1 Å². The van der Waals surface area contributed by atoms with E-state index in [1.807, 2.05) is 24.3 Å². The summed E-state index contributed by atoms with van der Waals surface area (Å²) in [6.07, 6.45) is 1.51. The monoisotopic (exact) mass is 426 g/mol. The molecular weight excluding hydrogens is 407 g/mol. The van der Waals surface area contributed by atoms with Crippen LogP contribution in [0.15, 0.2) is 41.4 Å². The van der Waals surface area contributed by atoms with E-state index in [4.69, 9.17) is 0 Å². The topological polar surface area (TPSA) is 84.2 Å². The summed E-state index contributed by atoms with van der Waals surface area (Å²) in [4.78, 5) is 32.8. The molecule has 1 saturated heterocycles. The zero-order valence-corrected chi connectivity index (χ0v) is 16.8. The Labute approximate surface area is 175 Å². The summed E-state index contributed by atoms with van der Waals surface area (Å²) in [7, 11) is 0. The molecule has 30 heavy (non-hydrogen) atoms. The van der Waals surface area contributed by atoms with E-state index in [-0.39, 0.29) is 43.1 Å². The normalized spacial score (nSPS) is 20.6. The van der Waals surface area contributed by atoms with Crippen LogP contribution in [-0.2, 0) is 13.0 Å². The van der Waals surface area contributed by atoms with Crippen LogP contribution in [0.5, 0.6) is 0 Å². The number of halogens is 1. The molecule has 1 aromatic carbocycles. The first-order valence-electron chi connectivity index (χ1n) is 9.73. The number of para-hydroxylation sites is 1. The number of thiazole rings is 1. The number of likely N-dealkylation sites (tertiary alicyclic amines) is 1. The van der Waals surface area contributed by atoms with Crippen molar-refractivity contribution in [1.82, 2.24) is 24.9 Å². The van der Waals surface area contributed by atoms with Crippen molar-refractivity contribution < 1.29 is 14.0 Å². The van der Waals surface area contributed by atoms with Gasteiger partial charge >= 0.3 is 0 Å². The lowest BCUT2D eigenvalue weighted by molar-refractivity contribution is 0.0709. The van der Waals surface area contributed by atoms with Crippen LogP contribution in [0.4, 0.5) is 10.1 Å². The van der Waals surface area contributed by atoms with Gasteiger partial charge < -0.3 is 9.80 Å². The molecule has 2 aliphatic rings. The fourth-order valence-corrected chi connectivity index (χ4v) is 4.66. The highest BCUT2D eigenvalue weighted by atomic mass is 32.1. The van der Waals surface area contributed by atoms with Crippen molar-refractivity contribution in [1.29, 1.82) is 0 Å². The average Bonchev–Trinajstić information content (AvgIpc) is 3.54. The number of nitrogens with zero attached hydrogens (tertiary/aromatic N) is 6. The van der Waals surface area contributed by atoms with Gasteiger partial charge in [-0.3, -0.25) is 9.59 Å². The largest absolute Gasteiger partial charge is 0.329 e. The predicted octanol–water partition coefficient (Wildman–Crippen LogP) is 2.19. The third-order valence-corrected chi connectivity index (χ3v) is 6.15. The molecule has 8 nitrogen and oxygen atoms in total. The summed E-state index contributed by atoms with van der Waals surface area (Å²) in [5, 5.41) is 9.74. The molecule has 3 aromatic rings. The van der Waals surface area contributed by atoms with Gasteiger partial charge in [-0.1, -0.05) is 23.4 Å². The van der Waals surface area contributed by atoms with Crippen LogP contribution in [0.3, 0.4) is 0 Å². The zero-order valence-electron chi connectivity index (χ0n) is 16.0. The molecule has 0 unspecified atom stereocenters. The average molecular weight is 426 g/mol. The Bertz CT molecular complexity index is 1080. The highest BCUT2D eigenvalue weighted by Gasteiger charge is 2.37. The molecule has 5 rings (SSSR count). The van der Waals surface area contributed by atoms with E-state index < -0.39 is 6.17 Å². The Kier molecular flexibility index (Phi) is 4.78. The van der Waals surface area contributed by atoms with E-state index in [1.165, 1.54) is 20.9 Å². The van der Waals surface area contributed by atoms with Gasteiger partial charge in [0.05, 0.1) is 30.8 Å². The number of anilines is 1. The predicted molar refractivity (Wildman–Crippen MR) is 108 cm³/mol. The lowest BCUT2D eigenvalue weighted by Crippen LogP contribution is -2.38. The van der Waals surface area contributed by atoms with Gasteiger partial charge in [0.1, 0.15) is 11.9 Å². The van der Waals surface area contributed by atoms with Gasteiger partial charge in [-0.25, -0.2) is 14.1 Å². The molecule has 0 spiro atoms. The van der Waals surface area contributed by atoms with Crippen molar-refractivity contribution in [2.45, 2.75) is 31.6 Å². The molecule has 2 amide bonds. The van der Waals surface area contributed by atoms with Crippen LogP contribution in [0, 0.1) is 0 Å². The number of hydrogen-bond acceptors (Lipinski definition) is 6. The van der Waals surface area contributed by atoms with Crippen molar-refractivity contribution >= 4 is 28.8 Å². The first-order chi connectivity index (χ1) is 14.6. The Balaban J connectivity index is 1.31. The molecule has 0 saturated carbocycles. The maximum absolute atomic E-state index is 14.1. The van der Waals surface area contributed by atoms with Gasteiger partial charge in [0, 0.05) is 24.0 Å². The second kappa shape index (κ2) is 7.60. The molecule has 4 heterocycles. The Hall–Kier alpha value is -3.14. The molecule has 10 heteroatoms. The standard InChI is InChI=1S/C20H19FN6O2S/c21-14-7-15(27(8-14)20(29)17-11-30-12-22-17)9-25-10-16(23-24-25)19(28)26-6-5-13-3-1-2-4-18(13)26/h1-4,10-12,14-15H,5-9H2/t14-,15-/m0/s1.